The van der Waals surface area contributed by atoms with Crippen molar-refractivity contribution in [1.29, 1.82) is 0 Å². The second-order valence-electron chi connectivity index (χ2n) is 4.02. The molecule has 0 aliphatic rings. The summed E-state index contributed by atoms with van der Waals surface area (Å²) in [7, 11) is 0. The van der Waals surface area contributed by atoms with E-state index in [0.29, 0.717) is 5.22 Å². The molecule has 0 aromatic carbocycles. The van der Waals surface area contributed by atoms with Crippen molar-refractivity contribution in [3.63, 3.8) is 0 Å². The minimum Gasteiger partial charge on any atom is -0.440 e. The molecule has 18 heavy (non-hydrogen) atoms. The summed E-state index contributed by atoms with van der Waals surface area (Å²) in [5, 5.41) is 3.96. The van der Waals surface area contributed by atoms with Gasteiger partial charge in [-0.3, -0.25) is 0 Å². The highest BCUT2D eigenvalue weighted by Crippen LogP contribution is 2.21. The molecule has 0 bridgehead atoms. The average Bonchev–Trinajstić information content (AvgIpc) is 2.81. The number of hydrogen-bond donors (Lipinski definition) is 1. The minimum absolute atomic E-state index is 0.709. The monoisotopic (exact) mass is 263 g/mol. The number of pyridine rings is 1. The maximum absolute atomic E-state index is 5.28. The molecule has 2 rings (SSSR count). The largest absolute Gasteiger partial charge is 0.440 e. The average molecular weight is 263 g/mol. The van der Waals surface area contributed by atoms with E-state index < -0.39 is 0 Å². The van der Waals surface area contributed by atoms with Crippen LogP contribution in [0.5, 0.6) is 0 Å². The van der Waals surface area contributed by atoms with E-state index in [0.717, 1.165) is 35.8 Å². The second-order valence-corrected chi connectivity index (χ2v) is 4.95. The van der Waals surface area contributed by atoms with Gasteiger partial charge in [0.25, 0.3) is 5.22 Å². The number of thioether (sulfide) groups is 1. The Balaban J connectivity index is 1.86. The van der Waals surface area contributed by atoms with Crippen molar-refractivity contribution < 1.29 is 4.42 Å². The first-order valence-corrected chi connectivity index (χ1v) is 7.00. The predicted molar refractivity (Wildman–Crippen MR) is 73.8 cm³/mol. The highest BCUT2D eigenvalue weighted by molar-refractivity contribution is 7.98. The Kier molecular flexibility index (Phi) is 4.64. The zero-order valence-electron chi connectivity index (χ0n) is 10.6. The Morgan fingerprint density at radius 1 is 1.39 bits per heavy atom. The molecule has 0 radical (unpaired) electrons. The van der Waals surface area contributed by atoms with Gasteiger partial charge in [-0.2, -0.15) is 0 Å². The van der Waals surface area contributed by atoms with Gasteiger partial charge in [0.1, 0.15) is 12.1 Å². The summed E-state index contributed by atoms with van der Waals surface area (Å²) < 4.78 is 5.28. The molecule has 1 N–H and O–H groups in total. The molecule has 0 atom stereocenters. The van der Waals surface area contributed by atoms with Crippen molar-refractivity contribution in [2.45, 2.75) is 31.2 Å². The third-order valence-electron chi connectivity index (χ3n) is 2.34. The van der Waals surface area contributed by atoms with E-state index in [-0.39, 0.29) is 0 Å². The Bertz CT molecular complexity index is 481. The molecule has 2 heterocycles. The Hall–Kier alpha value is -1.49. The molecular formula is C13H17N3OS. The Morgan fingerprint density at radius 3 is 2.89 bits per heavy atom. The smallest absolute Gasteiger partial charge is 0.256 e. The molecule has 0 aliphatic heterocycles. The van der Waals surface area contributed by atoms with Crippen LogP contribution in [0.3, 0.4) is 0 Å². The van der Waals surface area contributed by atoms with Gasteiger partial charge in [-0.25, -0.2) is 9.97 Å². The van der Waals surface area contributed by atoms with Crippen molar-refractivity contribution in [1.82, 2.24) is 9.97 Å². The maximum atomic E-state index is 5.28. The van der Waals surface area contributed by atoms with Crippen LogP contribution in [0.15, 0.2) is 34.2 Å². The third kappa shape index (κ3) is 3.77. The van der Waals surface area contributed by atoms with Crippen LogP contribution in [0.2, 0.25) is 0 Å². The van der Waals surface area contributed by atoms with Crippen molar-refractivity contribution >= 4 is 17.6 Å². The topological polar surface area (TPSA) is 51.0 Å². The van der Waals surface area contributed by atoms with Gasteiger partial charge in [-0.15, -0.1) is 0 Å². The van der Waals surface area contributed by atoms with Crippen LogP contribution in [-0.4, -0.2) is 16.5 Å². The van der Waals surface area contributed by atoms with E-state index in [1.165, 1.54) is 0 Å². The van der Waals surface area contributed by atoms with Gasteiger partial charge in [0.2, 0.25) is 0 Å². The summed E-state index contributed by atoms with van der Waals surface area (Å²) in [6.45, 7) is 5.01. The van der Waals surface area contributed by atoms with Crippen LogP contribution in [-0.2, 0) is 5.75 Å². The number of rotatable bonds is 6. The predicted octanol–water partition coefficient (Wildman–Crippen LogP) is 3.49. The zero-order valence-corrected chi connectivity index (χ0v) is 11.5. The molecular weight excluding hydrogens is 246 g/mol. The SMILES string of the molecule is CCCNc1ccc(CSc2nc(C)co2)cn1. The first-order valence-electron chi connectivity index (χ1n) is 6.01. The van der Waals surface area contributed by atoms with Crippen LogP contribution in [0.1, 0.15) is 24.6 Å². The second kappa shape index (κ2) is 6.44. The highest BCUT2D eigenvalue weighted by Gasteiger charge is 2.02. The molecule has 96 valence electrons. The Labute approximate surface area is 111 Å². The lowest BCUT2D eigenvalue weighted by Gasteiger charge is -2.04. The van der Waals surface area contributed by atoms with Gasteiger partial charge in [-0.1, -0.05) is 24.8 Å². The normalized spacial score (nSPS) is 10.6. The van der Waals surface area contributed by atoms with E-state index in [1.54, 1.807) is 18.0 Å². The number of nitrogens with one attached hydrogen (secondary N) is 1. The zero-order chi connectivity index (χ0) is 12.8. The minimum atomic E-state index is 0.709. The molecule has 0 fully saturated rings. The lowest BCUT2D eigenvalue weighted by molar-refractivity contribution is 0.454. The number of aryl methyl sites for hydroxylation is 1. The van der Waals surface area contributed by atoms with E-state index in [9.17, 15) is 0 Å². The summed E-state index contributed by atoms with van der Waals surface area (Å²) in [6.07, 6.45) is 4.65. The lowest BCUT2D eigenvalue weighted by Crippen LogP contribution is -2.01. The standard InChI is InChI=1S/C13H17N3OS/c1-3-6-14-12-5-4-11(7-15-12)9-18-13-16-10(2)8-17-13/h4-5,7-8H,3,6,9H2,1-2H3,(H,14,15). The molecule has 2 aromatic heterocycles. The number of hydrogen-bond acceptors (Lipinski definition) is 5. The fourth-order valence-corrected chi connectivity index (χ4v) is 2.20. The van der Waals surface area contributed by atoms with Gasteiger partial charge < -0.3 is 9.73 Å². The van der Waals surface area contributed by atoms with Crippen molar-refractivity contribution in [2.75, 3.05) is 11.9 Å². The fourth-order valence-electron chi connectivity index (χ4n) is 1.41. The van der Waals surface area contributed by atoms with Gasteiger partial charge in [0, 0.05) is 18.5 Å². The van der Waals surface area contributed by atoms with Crippen molar-refractivity contribution in [3.05, 3.63) is 35.9 Å². The molecule has 2 aromatic rings. The summed E-state index contributed by atoms with van der Waals surface area (Å²) in [5.74, 6) is 1.75. The van der Waals surface area contributed by atoms with Crippen LogP contribution >= 0.6 is 11.8 Å². The van der Waals surface area contributed by atoms with Gasteiger partial charge in [0.05, 0.1) is 5.69 Å². The van der Waals surface area contributed by atoms with Gasteiger partial charge >= 0.3 is 0 Å². The first-order chi connectivity index (χ1) is 8.78. The van der Waals surface area contributed by atoms with E-state index in [4.69, 9.17) is 4.42 Å². The fraction of sp³-hybridized carbons (Fsp3) is 0.385. The summed E-state index contributed by atoms with van der Waals surface area (Å²) in [5.41, 5.74) is 2.08. The van der Waals surface area contributed by atoms with E-state index in [1.807, 2.05) is 19.2 Å². The first kappa shape index (κ1) is 13.0. The molecule has 5 heteroatoms. The molecule has 0 amide bonds. The maximum Gasteiger partial charge on any atom is 0.256 e. The van der Waals surface area contributed by atoms with E-state index in [2.05, 4.69) is 28.3 Å². The molecule has 0 saturated carbocycles. The molecule has 4 nitrogen and oxygen atoms in total. The summed E-state index contributed by atoms with van der Waals surface area (Å²) >= 11 is 1.58. The van der Waals surface area contributed by atoms with Crippen molar-refractivity contribution in [3.8, 4) is 0 Å². The summed E-state index contributed by atoms with van der Waals surface area (Å²) in [4.78, 5) is 8.61. The number of aromatic nitrogens is 2. The molecule has 0 saturated heterocycles. The van der Waals surface area contributed by atoms with Crippen LogP contribution in [0.4, 0.5) is 5.82 Å². The van der Waals surface area contributed by atoms with Crippen LogP contribution in [0.25, 0.3) is 0 Å². The van der Waals surface area contributed by atoms with Crippen LogP contribution < -0.4 is 5.32 Å². The van der Waals surface area contributed by atoms with Gasteiger partial charge in [0.15, 0.2) is 0 Å². The van der Waals surface area contributed by atoms with Crippen molar-refractivity contribution in [2.24, 2.45) is 0 Å². The third-order valence-corrected chi connectivity index (χ3v) is 3.25. The molecule has 0 aliphatic carbocycles. The quantitative estimate of drug-likeness (QED) is 0.808. The molecule has 0 spiro atoms. The Morgan fingerprint density at radius 2 is 2.28 bits per heavy atom. The van der Waals surface area contributed by atoms with E-state index >= 15 is 0 Å². The highest BCUT2D eigenvalue weighted by atomic mass is 32.2. The number of anilines is 1. The molecule has 0 unspecified atom stereocenters. The summed E-state index contributed by atoms with van der Waals surface area (Å²) in [6, 6.07) is 4.08. The number of nitrogens with zero attached hydrogens (tertiary/aromatic N) is 2. The van der Waals surface area contributed by atoms with Crippen LogP contribution in [0, 0.1) is 6.92 Å². The number of oxazole rings is 1. The lowest BCUT2D eigenvalue weighted by atomic mass is 10.3. The van der Waals surface area contributed by atoms with Gasteiger partial charge in [-0.05, 0) is 25.0 Å².